The Morgan fingerprint density at radius 2 is 1.96 bits per heavy atom. The van der Waals surface area contributed by atoms with Gasteiger partial charge in [-0.3, -0.25) is 15.5 Å². The van der Waals surface area contributed by atoms with Crippen LogP contribution < -0.4 is 10.2 Å². The quantitative estimate of drug-likeness (QED) is 0.689. The zero-order valence-electron chi connectivity index (χ0n) is 12.8. The predicted molar refractivity (Wildman–Crippen MR) is 89.2 cm³/mol. The number of hydrazone groups is 1. The Labute approximate surface area is 133 Å². The lowest BCUT2D eigenvalue weighted by Gasteiger charge is -2.18. The third-order valence-corrected chi connectivity index (χ3v) is 3.88. The van der Waals surface area contributed by atoms with E-state index in [1.54, 1.807) is 19.2 Å². The number of methoxy groups -OCH3 is 1. The Bertz CT molecular complexity index is 754. The highest BCUT2D eigenvalue weighted by Gasteiger charge is 2.16. The number of ether oxygens (including phenoxy) is 1. The molecule has 0 unspecified atom stereocenters. The van der Waals surface area contributed by atoms with Crippen molar-refractivity contribution in [1.82, 2.24) is 0 Å². The summed E-state index contributed by atoms with van der Waals surface area (Å²) in [5, 5.41) is 15.1. The molecule has 3 rings (SSSR count). The van der Waals surface area contributed by atoms with E-state index in [-0.39, 0.29) is 5.69 Å². The second kappa shape index (κ2) is 6.48. The van der Waals surface area contributed by atoms with Crippen LogP contribution in [0, 0.1) is 10.1 Å². The van der Waals surface area contributed by atoms with Gasteiger partial charge in [-0.1, -0.05) is 0 Å². The average molecular weight is 311 g/mol. The molecule has 0 amide bonds. The predicted octanol–water partition coefficient (Wildman–Crippen LogP) is 3.76. The van der Waals surface area contributed by atoms with E-state index in [2.05, 4.69) is 16.6 Å². The molecule has 6 nitrogen and oxygen atoms in total. The van der Waals surface area contributed by atoms with Crippen molar-refractivity contribution in [2.45, 2.75) is 19.3 Å². The van der Waals surface area contributed by atoms with Crippen LogP contribution in [0.15, 0.2) is 47.6 Å². The monoisotopic (exact) mass is 311 g/mol. The molecule has 0 atom stereocenters. The van der Waals surface area contributed by atoms with E-state index in [1.165, 1.54) is 17.7 Å². The Balaban J connectivity index is 1.80. The molecular weight excluding hydrogens is 294 g/mol. The van der Waals surface area contributed by atoms with Crippen molar-refractivity contribution in [2.75, 3.05) is 12.5 Å². The number of nitrogens with zero attached hydrogens (tertiary/aromatic N) is 2. The van der Waals surface area contributed by atoms with Crippen LogP contribution in [-0.2, 0) is 6.42 Å². The summed E-state index contributed by atoms with van der Waals surface area (Å²) in [5.74, 6) is 0.855. The largest absolute Gasteiger partial charge is 0.497 e. The van der Waals surface area contributed by atoms with Gasteiger partial charge in [0.05, 0.1) is 23.4 Å². The lowest BCUT2D eigenvalue weighted by Crippen LogP contribution is -2.13. The van der Waals surface area contributed by atoms with Crippen molar-refractivity contribution in [3.63, 3.8) is 0 Å². The Morgan fingerprint density at radius 3 is 2.65 bits per heavy atom. The summed E-state index contributed by atoms with van der Waals surface area (Å²) in [6, 6.07) is 12.2. The molecule has 0 saturated carbocycles. The molecular formula is C17H17N3O3. The van der Waals surface area contributed by atoms with Crippen molar-refractivity contribution in [1.29, 1.82) is 0 Å². The molecule has 1 aliphatic carbocycles. The van der Waals surface area contributed by atoms with Gasteiger partial charge in [0.1, 0.15) is 5.75 Å². The molecule has 6 heteroatoms. The summed E-state index contributed by atoms with van der Waals surface area (Å²) in [6.07, 6.45) is 2.96. The Kier molecular flexibility index (Phi) is 4.23. The molecule has 0 aromatic heterocycles. The molecule has 0 saturated heterocycles. The topological polar surface area (TPSA) is 76.8 Å². The van der Waals surface area contributed by atoms with E-state index in [4.69, 9.17) is 4.74 Å². The van der Waals surface area contributed by atoms with Crippen LogP contribution in [-0.4, -0.2) is 17.7 Å². The molecule has 0 heterocycles. The third kappa shape index (κ3) is 3.31. The fraction of sp³-hybridized carbons (Fsp3) is 0.235. The average Bonchev–Trinajstić information content (AvgIpc) is 2.59. The van der Waals surface area contributed by atoms with Crippen molar-refractivity contribution in [2.24, 2.45) is 5.10 Å². The second-order valence-corrected chi connectivity index (χ2v) is 5.35. The van der Waals surface area contributed by atoms with E-state index in [9.17, 15) is 10.1 Å². The van der Waals surface area contributed by atoms with Gasteiger partial charge in [0, 0.05) is 17.7 Å². The molecule has 0 bridgehead atoms. The lowest BCUT2D eigenvalue weighted by atomic mass is 9.90. The first kappa shape index (κ1) is 15.0. The molecule has 0 fully saturated rings. The summed E-state index contributed by atoms with van der Waals surface area (Å²) >= 11 is 0. The molecule has 1 N–H and O–H groups in total. The summed E-state index contributed by atoms with van der Waals surface area (Å²) in [4.78, 5) is 10.2. The fourth-order valence-electron chi connectivity index (χ4n) is 2.67. The van der Waals surface area contributed by atoms with Gasteiger partial charge in [-0.25, -0.2) is 0 Å². The highest BCUT2D eigenvalue weighted by molar-refractivity contribution is 6.03. The minimum absolute atomic E-state index is 0.0679. The highest BCUT2D eigenvalue weighted by Crippen LogP contribution is 2.26. The van der Waals surface area contributed by atoms with Gasteiger partial charge in [-0.15, -0.1) is 0 Å². The molecule has 0 aliphatic heterocycles. The van der Waals surface area contributed by atoms with Gasteiger partial charge in [-0.2, -0.15) is 5.10 Å². The van der Waals surface area contributed by atoms with Gasteiger partial charge in [0.15, 0.2) is 0 Å². The van der Waals surface area contributed by atoms with Crippen LogP contribution in [0.3, 0.4) is 0 Å². The summed E-state index contributed by atoms with van der Waals surface area (Å²) in [6.45, 7) is 0. The number of benzene rings is 2. The van der Waals surface area contributed by atoms with Crippen molar-refractivity contribution >= 4 is 17.1 Å². The number of hydrogen-bond donors (Lipinski definition) is 1. The van der Waals surface area contributed by atoms with Crippen molar-refractivity contribution < 1.29 is 9.66 Å². The summed E-state index contributed by atoms with van der Waals surface area (Å²) in [7, 11) is 1.66. The standard InChI is InChI=1S/C17H17N3O3/c1-23-15-9-10-16-12(11-15)3-2-4-17(16)19-18-13-5-7-14(8-6-13)20(21)22/h5-11,18H,2-4H2,1H3/b19-17-. The third-order valence-electron chi connectivity index (χ3n) is 3.88. The van der Waals surface area contributed by atoms with Gasteiger partial charge in [-0.05, 0) is 55.2 Å². The number of rotatable bonds is 4. The number of anilines is 1. The normalized spacial score (nSPS) is 15.1. The van der Waals surface area contributed by atoms with Crippen molar-refractivity contribution in [3.05, 3.63) is 63.7 Å². The zero-order chi connectivity index (χ0) is 16.2. The molecule has 23 heavy (non-hydrogen) atoms. The Morgan fingerprint density at radius 1 is 1.17 bits per heavy atom. The summed E-state index contributed by atoms with van der Waals surface area (Å²) in [5.41, 5.74) is 7.14. The molecule has 2 aromatic rings. The number of non-ortho nitro benzene ring substituents is 1. The number of hydrogen-bond acceptors (Lipinski definition) is 5. The maximum absolute atomic E-state index is 10.7. The van der Waals surface area contributed by atoms with Crippen LogP contribution in [0.2, 0.25) is 0 Å². The van der Waals surface area contributed by atoms with E-state index in [0.717, 1.165) is 42.0 Å². The molecule has 2 aromatic carbocycles. The van der Waals surface area contributed by atoms with Crippen LogP contribution in [0.25, 0.3) is 0 Å². The maximum atomic E-state index is 10.7. The van der Waals surface area contributed by atoms with E-state index < -0.39 is 4.92 Å². The molecule has 0 radical (unpaired) electrons. The molecule has 1 aliphatic rings. The summed E-state index contributed by atoms with van der Waals surface area (Å²) < 4.78 is 5.26. The first-order valence-corrected chi connectivity index (χ1v) is 7.41. The fourth-order valence-corrected chi connectivity index (χ4v) is 2.67. The lowest BCUT2D eigenvalue weighted by molar-refractivity contribution is -0.384. The van der Waals surface area contributed by atoms with Gasteiger partial charge >= 0.3 is 0 Å². The van der Waals surface area contributed by atoms with Crippen LogP contribution >= 0.6 is 0 Å². The van der Waals surface area contributed by atoms with E-state index in [1.807, 2.05) is 12.1 Å². The number of nitro benzene ring substituents is 1. The number of fused-ring (bicyclic) bond motifs is 1. The van der Waals surface area contributed by atoms with E-state index in [0.29, 0.717) is 0 Å². The molecule has 0 spiro atoms. The second-order valence-electron chi connectivity index (χ2n) is 5.35. The number of nitro groups is 1. The Hall–Kier alpha value is -2.89. The van der Waals surface area contributed by atoms with Crippen LogP contribution in [0.5, 0.6) is 5.75 Å². The zero-order valence-corrected chi connectivity index (χ0v) is 12.8. The first-order valence-electron chi connectivity index (χ1n) is 7.41. The van der Waals surface area contributed by atoms with Crippen LogP contribution in [0.4, 0.5) is 11.4 Å². The highest BCUT2D eigenvalue weighted by atomic mass is 16.6. The SMILES string of the molecule is COc1ccc2c(c1)CCC/C2=N/Nc1ccc([N+](=O)[O-])cc1. The van der Waals surface area contributed by atoms with Gasteiger partial charge in [0.2, 0.25) is 0 Å². The number of aryl methyl sites for hydroxylation is 1. The smallest absolute Gasteiger partial charge is 0.269 e. The van der Waals surface area contributed by atoms with Gasteiger partial charge < -0.3 is 4.74 Å². The van der Waals surface area contributed by atoms with E-state index >= 15 is 0 Å². The van der Waals surface area contributed by atoms with Crippen LogP contribution in [0.1, 0.15) is 24.0 Å². The van der Waals surface area contributed by atoms with Crippen molar-refractivity contribution in [3.8, 4) is 5.75 Å². The maximum Gasteiger partial charge on any atom is 0.269 e. The molecule has 118 valence electrons. The number of nitrogens with one attached hydrogen (secondary N) is 1. The first-order chi connectivity index (χ1) is 11.2. The minimum atomic E-state index is -0.416. The minimum Gasteiger partial charge on any atom is -0.497 e. The van der Waals surface area contributed by atoms with Gasteiger partial charge in [0.25, 0.3) is 5.69 Å².